The number of hydrogen-bond acceptors (Lipinski definition) is 4. The summed E-state index contributed by atoms with van der Waals surface area (Å²) in [5.41, 5.74) is 1.76. The zero-order valence-electron chi connectivity index (χ0n) is 18.5. The number of alkyl carbamates (subject to hydrolysis) is 1. The highest BCUT2D eigenvalue weighted by Crippen LogP contribution is 2.29. The molecule has 1 aliphatic carbocycles. The van der Waals surface area contributed by atoms with Crippen LogP contribution in [-0.4, -0.2) is 42.0 Å². The van der Waals surface area contributed by atoms with Crippen LogP contribution in [0, 0.1) is 0 Å². The van der Waals surface area contributed by atoms with Gasteiger partial charge in [-0.2, -0.15) is 0 Å². The van der Waals surface area contributed by atoms with Crippen LogP contribution in [0.2, 0.25) is 5.02 Å². The van der Waals surface area contributed by atoms with Gasteiger partial charge in [0, 0.05) is 11.6 Å². The van der Waals surface area contributed by atoms with Crippen LogP contribution >= 0.6 is 11.6 Å². The minimum atomic E-state index is -0.998. The van der Waals surface area contributed by atoms with Gasteiger partial charge in [0.05, 0.1) is 11.2 Å². The molecule has 1 amide bonds. The predicted octanol–water partition coefficient (Wildman–Crippen LogP) is 4.00. The predicted molar refractivity (Wildman–Crippen MR) is 119 cm³/mol. The largest absolute Gasteiger partial charge is 0.444 e. The quantitative estimate of drug-likeness (QED) is 0.682. The van der Waals surface area contributed by atoms with Crippen molar-refractivity contribution in [1.82, 2.24) is 5.32 Å². The van der Waals surface area contributed by atoms with Gasteiger partial charge >= 0.3 is 13.6 Å². The summed E-state index contributed by atoms with van der Waals surface area (Å²) in [7, 11) is 1.63. The molecule has 1 aromatic carbocycles. The van der Waals surface area contributed by atoms with E-state index >= 15 is 0 Å². The molecule has 0 saturated heterocycles. The maximum atomic E-state index is 11.9. The van der Waals surface area contributed by atoms with Crippen LogP contribution < -0.4 is 10.8 Å². The van der Waals surface area contributed by atoms with E-state index in [-0.39, 0.29) is 0 Å². The Hall–Kier alpha value is -1.50. The minimum Gasteiger partial charge on any atom is -0.444 e. The average molecular weight is 421 g/mol. The maximum absolute atomic E-state index is 11.9. The number of halogens is 1. The first-order chi connectivity index (χ1) is 13.2. The average Bonchev–Trinajstić information content (AvgIpc) is 2.55. The zero-order chi connectivity index (χ0) is 22.0. The number of carbonyl (C=O) groups is 1. The molecule has 0 saturated carbocycles. The Morgan fingerprint density at radius 1 is 1.17 bits per heavy atom. The fourth-order valence-corrected chi connectivity index (χ4v) is 3.05. The van der Waals surface area contributed by atoms with Gasteiger partial charge in [-0.3, -0.25) is 0 Å². The van der Waals surface area contributed by atoms with Gasteiger partial charge in [0.25, 0.3) is 0 Å². The minimum absolute atomic E-state index is 0.424. The Kier molecular flexibility index (Phi) is 7.14. The van der Waals surface area contributed by atoms with E-state index in [1.807, 2.05) is 46.8 Å². The molecule has 0 aliphatic heterocycles. The molecule has 29 heavy (non-hydrogen) atoms. The van der Waals surface area contributed by atoms with Crippen LogP contribution in [0.5, 0.6) is 0 Å². The molecule has 0 bridgehead atoms. The molecule has 0 fully saturated rings. The molecule has 0 unspecified atom stereocenters. The van der Waals surface area contributed by atoms with Gasteiger partial charge in [0.2, 0.25) is 0 Å². The van der Waals surface area contributed by atoms with Crippen LogP contribution in [0.1, 0.15) is 66.0 Å². The highest BCUT2D eigenvalue weighted by molar-refractivity contribution is 6.48. The molecule has 0 atom stereocenters. The van der Waals surface area contributed by atoms with E-state index in [0.717, 1.165) is 35.0 Å². The monoisotopic (exact) mass is 420 g/mol. The highest BCUT2D eigenvalue weighted by Gasteiger charge is 2.35. The molecule has 5 nitrogen and oxygen atoms in total. The van der Waals surface area contributed by atoms with Crippen molar-refractivity contribution in [2.24, 2.45) is 0 Å². The van der Waals surface area contributed by atoms with Gasteiger partial charge in [0.1, 0.15) is 5.60 Å². The topological polar surface area (TPSA) is 67.8 Å². The van der Waals surface area contributed by atoms with Crippen molar-refractivity contribution >= 4 is 36.7 Å². The lowest BCUT2D eigenvalue weighted by Gasteiger charge is -2.37. The fourth-order valence-electron chi connectivity index (χ4n) is 2.72. The lowest BCUT2D eigenvalue weighted by atomic mass is 9.80. The molecule has 0 aromatic heterocycles. The van der Waals surface area contributed by atoms with Crippen molar-refractivity contribution in [1.29, 1.82) is 0 Å². The smallest absolute Gasteiger partial charge is 0.407 e. The van der Waals surface area contributed by atoms with Gasteiger partial charge in [0.15, 0.2) is 0 Å². The third-order valence-corrected chi connectivity index (χ3v) is 5.47. The van der Waals surface area contributed by atoms with Crippen molar-refractivity contribution in [3.8, 4) is 0 Å². The van der Waals surface area contributed by atoms with Crippen molar-refractivity contribution in [3.63, 3.8) is 0 Å². The molecule has 2 rings (SSSR count). The molecule has 7 heteroatoms. The maximum Gasteiger partial charge on any atom is 0.407 e. The number of nitrogens with one attached hydrogen (secondary N) is 1. The molecular formula is C22H32BClNO4. The van der Waals surface area contributed by atoms with Gasteiger partial charge < -0.3 is 19.8 Å². The zero-order valence-corrected chi connectivity index (χ0v) is 19.2. The molecule has 2 N–H and O–H groups in total. The standard InChI is InChI=1S/C22H32BClNO4/c1-20(2,3)28-19(26)25-13-14-8-9-17-15(10-14)11-16(12-18(17)24)23-29-22(6,7)21(4,5)27/h10-12,27H,8-9,13H2,1-7H3,(H,25,26). The molecule has 1 aromatic rings. The summed E-state index contributed by atoms with van der Waals surface area (Å²) in [5.74, 6) is 0. The van der Waals surface area contributed by atoms with Crippen LogP contribution in [0.3, 0.4) is 0 Å². The molecule has 1 radical (unpaired) electrons. The Morgan fingerprint density at radius 2 is 1.83 bits per heavy atom. The van der Waals surface area contributed by atoms with Gasteiger partial charge in [-0.25, -0.2) is 4.79 Å². The molecule has 0 heterocycles. The third-order valence-electron chi connectivity index (χ3n) is 5.13. The third kappa shape index (κ3) is 6.76. The van der Waals surface area contributed by atoms with E-state index in [2.05, 4.69) is 11.4 Å². The van der Waals surface area contributed by atoms with Crippen molar-refractivity contribution < 1.29 is 19.3 Å². The number of hydrogen-bond donors (Lipinski definition) is 2. The summed E-state index contributed by atoms with van der Waals surface area (Å²) >= 11 is 6.49. The first-order valence-electron chi connectivity index (χ1n) is 9.90. The van der Waals surface area contributed by atoms with Crippen molar-refractivity contribution in [2.45, 2.75) is 78.1 Å². The fraction of sp³-hybridized carbons (Fsp3) is 0.591. The van der Waals surface area contributed by atoms with E-state index < -0.39 is 22.9 Å². The van der Waals surface area contributed by atoms with Crippen LogP contribution in [0.25, 0.3) is 6.08 Å². The summed E-state index contributed by atoms with van der Waals surface area (Å²) in [6.07, 6.45) is 3.27. The molecular weight excluding hydrogens is 389 g/mol. The van der Waals surface area contributed by atoms with Gasteiger partial charge in [-0.15, -0.1) is 0 Å². The highest BCUT2D eigenvalue weighted by atomic mass is 35.5. The van der Waals surface area contributed by atoms with E-state index in [4.69, 9.17) is 21.0 Å². The molecule has 159 valence electrons. The second-order valence-electron chi connectivity index (χ2n) is 9.53. The van der Waals surface area contributed by atoms with E-state index in [0.29, 0.717) is 11.6 Å². The first-order valence-corrected chi connectivity index (χ1v) is 10.3. The number of aliphatic hydroxyl groups is 1. The lowest BCUT2D eigenvalue weighted by Crippen LogP contribution is -2.49. The van der Waals surface area contributed by atoms with Crippen LogP contribution in [-0.2, 0) is 15.8 Å². The number of fused-ring (bicyclic) bond motifs is 1. The first kappa shape index (κ1) is 23.8. The van der Waals surface area contributed by atoms with Crippen LogP contribution in [0.15, 0.2) is 17.7 Å². The van der Waals surface area contributed by atoms with E-state index in [9.17, 15) is 9.90 Å². The summed E-state index contributed by atoms with van der Waals surface area (Å²) < 4.78 is 11.1. The number of amides is 1. The number of benzene rings is 1. The van der Waals surface area contributed by atoms with Crippen molar-refractivity contribution in [2.75, 3.05) is 6.54 Å². The Bertz CT molecular complexity index is 791. The number of rotatable bonds is 6. The van der Waals surface area contributed by atoms with Crippen LogP contribution in [0.4, 0.5) is 4.79 Å². The lowest BCUT2D eigenvalue weighted by molar-refractivity contribution is -0.0893. The molecule has 1 aliphatic rings. The summed E-state index contributed by atoms with van der Waals surface area (Å²) in [4.78, 5) is 11.9. The normalized spacial score (nSPS) is 14.7. The second kappa shape index (κ2) is 8.70. The SMILES string of the molecule is CC(C)(C)OC(=O)NCC1=Cc2cc([B]OC(C)(C)C(C)(C)O)cc(Cl)c2CC1. The van der Waals surface area contributed by atoms with Crippen molar-refractivity contribution in [3.05, 3.63) is 33.9 Å². The van der Waals surface area contributed by atoms with E-state index in [1.165, 1.54) is 0 Å². The summed E-state index contributed by atoms with van der Waals surface area (Å²) in [6.45, 7) is 13.1. The van der Waals surface area contributed by atoms with E-state index in [1.54, 1.807) is 21.3 Å². The van der Waals surface area contributed by atoms with Gasteiger partial charge in [-0.05, 0) is 78.5 Å². The number of ether oxygens (including phenoxy) is 1. The summed E-state index contributed by atoms with van der Waals surface area (Å²) in [6, 6.07) is 3.88. The molecule has 0 spiro atoms. The Morgan fingerprint density at radius 3 is 2.41 bits per heavy atom. The Labute approximate surface area is 180 Å². The Balaban J connectivity index is 2.09. The second-order valence-corrected chi connectivity index (χ2v) is 9.94. The summed E-state index contributed by atoms with van der Waals surface area (Å²) in [5, 5.41) is 13.8. The van der Waals surface area contributed by atoms with Gasteiger partial charge in [-0.1, -0.05) is 34.8 Å². The number of carbonyl (C=O) groups excluding carboxylic acids is 1.